The molecule has 1 unspecified atom stereocenters. The number of nitrogens with two attached hydrogens (primary N) is 1. The number of nitrogens with zero attached hydrogens (tertiary/aromatic N) is 1. The van der Waals surface area contributed by atoms with Gasteiger partial charge in [0.15, 0.2) is 0 Å². The molecule has 1 aromatic rings. The summed E-state index contributed by atoms with van der Waals surface area (Å²) in [5.74, 6) is 0. The van der Waals surface area contributed by atoms with Crippen molar-refractivity contribution >= 4 is 0 Å². The second-order valence-electron chi connectivity index (χ2n) is 3.98. The van der Waals surface area contributed by atoms with E-state index in [2.05, 4.69) is 35.2 Å². The van der Waals surface area contributed by atoms with Crippen LogP contribution in [-0.4, -0.2) is 24.0 Å². The molecule has 1 fully saturated rings. The van der Waals surface area contributed by atoms with Crippen molar-refractivity contribution in [2.45, 2.75) is 25.4 Å². The van der Waals surface area contributed by atoms with Gasteiger partial charge in [-0.15, -0.1) is 0 Å². The molecule has 76 valence electrons. The van der Waals surface area contributed by atoms with Crippen LogP contribution >= 0.6 is 0 Å². The lowest BCUT2D eigenvalue weighted by molar-refractivity contribution is 0.0772. The fourth-order valence-corrected chi connectivity index (χ4v) is 2.04. The van der Waals surface area contributed by atoms with Crippen LogP contribution in [0, 0.1) is 0 Å². The van der Waals surface area contributed by atoms with Crippen LogP contribution < -0.4 is 5.73 Å². The van der Waals surface area contributed by atoms with Crippen LogP contribution in [0.25, 0.3) is 0 Å². The first kappa shape index (κ1) is 9.69. The van der Waals surface area contributed by atoms with E-state index >= 15 is 0 Å². The summed E-state index contributed by atoms with van der Waals surface area (Å²) in [5.41, 5.74) is 6.98. The lowest BCUT2D eigenvalue weighted by atomic mass is 9.98. The van der Waals surface area contributed by atoms with Gasteiger partial charge in [-0.2, -0.15) is 0 Å². The van der Waals surface area contributed by atoms with Crippen LogP contribution in [-0.2, 0) is 6.54 Å². The molecule has 2 heteroatoms. The second kappa shape index (κ2) is 4.58. The normalized spacial score (nSPS) is 21.9. The predicted molar refractivity (Wildman–Crippen MR) is 58.9 cm³/mol. The molecule has 0 aliphatic carbocycles. The fraction of sp³-hybridized carbons (Fsp3) is 0.500. The highest BCUT2D eigenvalue weighted by atomic mass is 15.2. The summed E-state index contributed by atoms with van der Waals surface area (Å²) in [5, 5.41) is 0. The van der Waals surface area contributed by atoms with E-state index in [1.807, 2.05) is 0 Å². The minimum absolute atomic E-state index is 0.736. The van der Waals surface area contributed by atoms with E-state index in [-0.39, 0.29) is 0 Å². The van der Waals surface area contributed by atoms with Gasteiger partial charge in [-0.25, -0.2) is 0 Å². The zero-order valence-corrected chi connectivity index (χ0v) is 8.52. The molecule has 1 aliphatic rings. The number of hydrogen-bond donors (Lipinski definition) is 1. The Bertz CT molecular complexity index is 271. The Balaban J connectivity index is 1.86. The smallest absolute Gasteiger partial charge is 0.0236 e. The minimum atomic E-state index is 0.736. The Morgan fingerprint density at radius 3 is 2.64 bits per heavy atom. The van der Waals surface area contributed by atoms with Crippen molar-refractivity contribution < 1.29 is 0 Å². The first-order valence-corrected chi connectivity index (χ1v) is 5.38. The van der Waals surface area contributed by atoms with Crippen molar-refractivity contribution in [1.29, 1.82) is 0 Å². The summed E-state index contributed by atoms with van der Waals surface area (Å²) >= 11 is 0. The maximum absolute atomic E-state index is 5.57. The van der Waals surface area contributed by atoms with Gasteiger partial charge in [-0.05, 0) is 24.9 Å². The predicted octanol–water partition coefficient (Wildman–Crippen LogP) is 1.61. The second-order valence-corrected chi connectivity index (χ2v) is 3.98. The van der Waals surface area contributed by atoms with E-state index < -0.39 is 0 Å². The summed E-state index contributed by atoms with van der Waals surface area (Å²) in [6, 6.07) is 11.4. The highest BCUT2D eigenvalue weighted by Gasteiger charge is 2.26. The molecular weight excluding hydrogens is 172 g/mol. The van der Waals surface area contributed by atoms with E-state index in [0.29, 0.717) is 0 Å². The van der Waals surface area contributed by atoms with Gasteiger partial charge in [0.2, 0.25) is 0 Å². The van der Waals surface area contributed by atoms with Gasteiger partial charge >= 0.3 is 0 Å². The highest BCUT2D eigenvalue weighted by molar-refractivity contribution is 5.15. The van der Waals surface area contributed by atoms with E-state index in [0.717, 1.165) is 25.6 Å². The quantitative estimate of drug-likeness (QED) is 0.781. The van der Waals surface area contributed by atoms with Crippen LogP contribution in [0.1, 0.15) is 18.4 Å². The molecule has 1 aromatic carbocycles. The first-order valence-electron chi connectivity index (χ1n) is 5.38. The molecule has 1 saturated heterocycles. The van der Waals surface area contributed by atoms with Crippen molar-refractivity contribution in [3.63, 3.8) is 0 Å². The fourth-order valence-electron chi connectivity index (χ4n) is 2.04. The van der Waals surface area contributed by atoms with Crippen molar-refractivity contribution in [2.24, 2.45) is 5.73 Å². The van der Waals surface area contributed by atoms with Crippen LogP contribution in [0.15, 0.2) is 30.3 Å². The molecule has 2 N–H and O–H groups in total. The van der Waals surface area contributed by atoms with Crippen LogP contribution in [0.5, 0.6) is 0 Å². The van der Waals surface area contributed by atoms with Crippen molar-refractivity contribution in [3.05, 3.63) is 35.9 Å². The lowest BCUT2D eigenvalue weighted by Gasteiger charge is -2.41. The zero-order chi connectivity index (χ0) is 9.80. The van der Waals surface area contributed by atoms with Gasteiger partial charge in [0, 0.05) is 19.1 Å². The standard InChI is InChI=1S/C12H18N2/c13-8-6-12-7-9-14(12)10-11-4-2-1-3-5-11/h1-5,12H,6-10,13H2. The SMILES string of the molecule is NCCC1CCN1Cc1ccccc1. The Hall–Kier alpha value is -0.860. The number of benzene rings is 1. The van der Waals surface area contributed by atoms with Crippen molar-refractivity contribution in [2.75, 3.05) is 13.1 Å². The molecule has 0 radical (unpaired) electrons. The molecule has 0 bridgehead atoms. The third-order valence-corrected chi connectivity index (χ3v) is 2.99. The van der Waals surface area contributed by atoms with E-state index in [9.17, 15) is 0 Å². The molecule has 1 heterocycles. The topological polar surface area (TPSA) is 29.3 Å². The third-order valence-electron chi connectivity index (χ3n) is 2.99. The van der Waals surface area contributed by atoms with Gasteiger partial charge < -0.3 is 5.73 Å². The zero-order valence-electron chi connectivity index (χ0n) is 8.52. The summed E-state index contributed by atoms with van der Waals surface area (Å²) < 4.78 is 0. The summed E-state index contributed by atoms with van der Waals surface area (Å²) in [6.45, 7) is 3.14. The third kappa shape index (κ3) is 2.14. The van der Waals surface area contributed by atoms with Crippen LogP contribution in [0.2, 0.25) is 0 Å². The molecule has 14 heavy (non-hydrogen) atoms. The number of likely N-dealkylation sites (tertiary alicyclic amines) is 1. The van der Waals surface area contributed by atoms with E-state index in [4.69, 9.17) is 5.73 Å². The molecule has 0 amide bonds. The van der Waals surface area contributed by atoms with E-state index in [1.54, 1.807) is 0 Å². The van der Waals surface area contributed by atoms with Gasteiger partial charge in [0.05, 0.1) is 0 Å². The van der Waals surface area contributed by atoms with Gasteiger partial charge in [-0.3, -0.25) is 4.90 Å². The highest BCUT2D eigenvalue weighted by Crippen LogP contribution is 2.22. The number of hydrogen-bond acceptors (Lipinski definition) is 2. The Kier molecular flexibility index (Phi) is 3.17. The lowest BCUT2D eigenvalue weighted by Crippen LogP contribution is -2.47. The first-order chi connectivity index (χ1) is 6.90. The Morgan fingerprint density at radius 2 is 2.07 bits per heavy atom. The number of rotatable bonds is 4. The minimum Gasteiger partial charge on any atom is -0.330 e. The van der Waals surface area contributed by atoms with Gasteiger partial charge in [0.1, 0.15) is 0 Å². The van der Waals surface area contributed by atoms with Crippen LogP contribution in [0.3, 0.4) is 0 Å². The molecule has 2 rings (SSSR count). The maximum Gasteiger partial charge on any atom is 0.0236 e. The van der Waals surface area contributed by atoms with Crippen molar-refractivity contribution in [3.8, 4) is 0 Å². The molecule has 0 saturated carbocycles. The summed E-state index contributed by atoms with van der Waals surface area (Å²) in [7, 11) is 0. The monoisotopic (exact) mass is 190 g/mol. The molecular formula is C12H18N2. The maximum atomic E-state index is 5.57. The Labute approximate surface area is 85.7 Å². The van der Waals surface area contributed by atoms with E-state index in [1.165, 1.54) is 18.5 Å². The molecule has 0 spiro atoms. The molecule has 1 aliphatic heterocycles. The summed E-state index contributed by atoms with van der Waals surface area (Å²) in [6.07, 6.45) is 2.47. The van der Waals surface area contributed by atoms with Gasteiger partial charge in [0.25, 0.3) is 0 Å². The molecule has 2 nitrogen and oxygen atoms in total. The average molecular weight is 190 g/mol. The largest absolute Gasteiger partial charge is 0.330 e. The average Bonchev–Trinajstić information content (AvgIpc) is 2.23. The van der Waals surface area contributed by atoms with Crippen LogP contribution in [0.4, 0.5) is 0 Å². The summed E-state index contributed by atoms with van der Waals surface area (Å²) in [4.78, 5) is 2.52. The van der Waals surface area contributed by atoms with Gasteiger partial charge in [-0.1, -0.05) is 30.3 Å². The van der Waals surface area contributed by atoms with Crippen molar-refractivity contribution in [1.82, 2.24) is 4.90 Å². The molecule has 0 aromatic heterocycles. The molecule has 1 atom stereocenters. The Morgan fingerprint density at radius 1 is 1.29 bits per heavy atom.